The quantitative estimate of drug-likeness (QED) is 0.168. The van der Waals surface area contributed by atoms with Crippen LogP contribution in [0, 0.1) is 16.7 Å². The molecule has 1 aliphatic heterocycles. The molecule has 3 aromatic carbocycles. The summed E-state index contributed by atoms with van der Waals surface area (Å²) >= 11 is 0. The highest BCUT2D eigenvalue weighted by Crippen LogP contribution is 2.32. The van der Waals surface area contributed by atoms with Crippen molar-refractivity contribution in [2.24, 2.45) is 17.4 Å². The Morgan fingerprint density at radius 2 is 1.25 bits per heavy atom. The molecule has 1 heterocycles. The second-order valence-electron chi connectivity index (χ2n) is 9.79. The first kappa shape index (κ1) is 28.2. The van der Waals surface area contributed by atoms with Crippen molar-refractivity contribution in [2.75, 3.05) is 13.1 Å². The minimum atomic E-state index is -0.780. The van der Waals surface area contributed by atoms with Gasteiger partial charge >= 0.3 is 5.97 Å². The molecule has 208 valence electrons. The molecular weight excluding hydrogens is 510 g/mol. The van der Waals surface area contributed by atoms with Crippen LogP contribution in [0.1, 0.15) is 53.6 Å². The molecule has 0 radical (unpaired) electrons. The van der Waals surface area contributed by atoms with Crippen molar-refractivity contribution in [1.82, 2.24) is 4.90 Å². The summed E-state index contributed by atoms with van der Waals surface area (Å²) in [5.74, 6) is 1.22. The molecule has 1 fully saturated rings. The maximum absolute atomic E-state index is 13.5. The van der Waals surface area contributed by atoms with Crippen LogP contribution in [0.5, 0.6) is 23.0 Å². The van der Waals surface area contributed by atoms with Gasteiger partial charge < -0.3 is 30.9 Å². The molecule has 0 saturated carbocycles. The number of likely N-dealkylation sites (tertiary alicyclic amines) is 1. The number of amides is 1. The number of hydrogen-bond donors (Lipinski definition) is 5. The molecule has 0 atom stereocenters. The monoisotopic (exact) mass is 543 g/mol. The number of carboxylic acid groups (broad SMARTS) is 1. The summed E-state index contributed by atoms with van der Waals surface area (Å²) in [4.78, 5) is 26.1. The largest absolute Gasteiger partial charge is 0.481 e. The van der Waals surface area contributed by atoms with Crippen molar-refractivity contribution in [2.45, 2.75) is 32.1 Å². The number of nitrogens with zero attached hydrogens (tertiary/aromatic N) is 1. The Balaban J connectivity index is 1.53. The number of carbonyl (C=O) groups is 2. The van der Waals surface area contributed by atoms with E-state index in [2.05, 4.69) is 0 Å². The Morgan fingerprint density at radius 3 is 1.68 bits per heavy atom. The van der Waals surface area contributed by atoms with E-state index in [0.717, 1.165) is 19.3 Å². The molecule has 3 aromatic rings. The normalized spacial score (nSPS) is 13.4. The molecular formula is C30H33N5O5. The zero-order valence-corrected chi connectivity index (χ0v) is 22.1. The maximum atomic E-state index is 13.5. The predicted molar refractivity (Wildman–Crippen MR) is 152 cm³/mol. The van der Waals surface area contributed by atoms with Gasteiger partial charge in [-0.3, -0.25) is 20.4 Å². The zero-order valence-electron chi connectivity index (χ0n) is 22.1. The molecule has 1 aliphatic rings. The van der Waals surface area contributed by atoms with Gasteiger partial charge in [-0.2, -0.15) is 0 Å². The number of rotatable bonds is 11. The minimum absolute atomic E-state index is 0.0451. The third-order valence-electron chi connectivity index (χ3n) is 6.83. The van der Waals surface area contributed by atoms with Gasteiger partial charge in [0.1, 0.15) is 34.7 Å². The second-order valence-corrected chi connectivity index (χ2v) is 9.79. The molecule has 10 heteroatoms. The number of nitrogens with two attached hydrogens (primary N) is 2. The Morgan fingerprint density at radius 1 is 0.775 bits per heavy atom. The van der Waals surface area contributed by atoms with Crippen molar-refractivity contribution in [3.63, 3.8) is 0 Å². The topological polar surface area (TPSA) is 176 Å². The number of piperidine rings is 1. The van der Waals surface area contributed by atoms with E-state index in [-0.39, 0.29) is 24.0 Å². The Hall–Kier alpha value is -4.86. The smallest absolute Gasteiger partial charge is 0.303 e. The van der Waals surface area contributed by atoms with E-state index in [1.54, 1.807) is 71.6 Å². The van der Waals surface area contributed by atoms with Crippen LogP contribution in [-0.4, -0.2) is 46.6 Å². The highest BCUT2D eigenvalue weighted by molar-refractivity contribution is 5.96. The van der Waals surface area contributed by atoms with Gasteiger partial charge in [0, 0.05) is 42.3 Å². The van der Waals surface area contributed by atoms with E-state index in [4.69, 9.17) is 36.9 Å². The second kappa shape index (κ2) is 12.8. The van der Waals surface area contributed by atoms with E-state index < -0.39 is 5.97 Å². The fourth-order valence-electron chi connectivity index (χ4n) is 4.64. The van der Waals surface area contributed by atoms with E-state index >= 15 is 0 Å². The third-order valence-corrected chi connectivity index (χ3v) is 6.83. The third kappa shape index (κ3) is 7.59. The standard InChI is InChI=1S/C30H33N5O5/c31-28(32)20-4-8-23(9-5-20)39-25-16-22(17-26(18-25)40-24-10-6-21(7-11-24)29(33)34)30(38)35-14-12-19(13-15-35)2-1-3-27(36)37/h4-11,16-19H,1-3,12-15H2,(H3,31,32)(H3,33,34)(H,36,37). The molecule has 0 bridgehead atoms. The number of nitrogens with one attached hydrogen (secondary N) is 2. The highest BCUT2D eigenvalue weighted by Gasteiger charge is 2.24. The minimum Gasteiger partial charge on any atom is -0.481 e. The summed E-state index contributed by atoms with van der Waals surface area (Å²) in [7, 11) is 0. The summed E-state index contributed by atoms with van der Waals surface area (Å²) in [6.45, 7) is 1.19. The maximum Gasteiger partial charge on any atom is 0.303 e. The Labute approximate surface area is 232 Å². The lowest BCUT2D eigenvalue weighted by molar-refractivity contribution is -0.137. The van der Waals surface area contributed by atoms with Crippen LogP contribution in [0.4, 0.5) is 0 Å². The Bertz CT molecular complexity index is 1300. The molecule has 7 N–H and O–H groups in total. The van der Waals surface area contributed by atoms with Crippen LogP contribution in [0.2, 0.25) is 0 Å². The lowest BCUT2D eigenvalue weighted by Gasteiger charge is -2.32. The van der Waals surface area contributed by atoms with Crippen LogP contribution in [0.3, 0.4) is 0 Å². The van der Waals surface area contributed by atoms with Crippen molar-refractivity contribution >= 4 is 23.5 Å². The molecule has 0 spiro atoms. The summed E-state index contributed by atoms with van der Waals surface area (Å²) in [5, 5.41) is 24.0. The molecule has 0 aromatic heterocycles. The van der Waals surface area contributed by atoms with E-state index in [1.165, 1.54) is 0 Å². The number of amidine groups is 2. The number of nitrogen functional groups attached to an aromatic ring is 2. The summed E-state index contributed by atoms with van der Waals surface area (Å²) in [6.07, 6.45) is 3.32. The van der Waals surface area contributed by atoms with Gasteiger partial charge in [-0.05, 0) is 92.3 Å². The van der Waals surface area contributed by atoms with Crippen molar-refractivity contribution in [3.8, 4) is 23.0 Å². The number of aliphatic carboxylic acids is 1. The van der Waals surface area contributed by atoms with Gasteiger partial charge in [0.05, 0.1) is 0 Å². The van der Waals surface area contributed by atoms with Crippen LogP contribution >= 0.6 is 0 Å². The molecule has 0 unspecified atom stereocenters. The van der Waals surface area contributed by atoms with Crippen LogP contribution in [-0.2, 0) is 4.79 Å². The zero-order chi connectivity index (χ0) is 28.6. The van der Waals surface area contributed by atoms with E-state index in [9.17, 15) is 9.59 Å². The van der Waals surface area contributed by atoms with Gasteiger partial charge in [0.2, 0.25) is 0 Å². The lowest BCUT2D eigenvalue weighted by Crippen LogP contribution is -2.38. The first-order valence-corrected chi connectivity index (χ1v) is 13.1. The molecule has 1 saturated heterocycles. The molecule has 0 aliphatic carbocycles. The van der Waals surface area contributed by atoms with Crippen molar-refractivity contribution < 1.29 is 24.2 Å². The summed E-state index contributed by atoms with van der Waals surface area (Å²) in [6, 6.07) is 18.5. The van der Waals surface area contributed by atoms with Gasteiger partial charge in [-0.1, -0.05) is 0 Å². The fraction of sp³-hybridized carbons (Fsp3) is 0.267. The van der Waals surface area contributed by atoms with Gasteiger partial charge in [-0.15, -0.1) is 0 Å². The first-order chi connectivity index (χ1) is 19.2. The first-order valence-electron chi connectivity index (χ1n) is 13.1. The van der Waals surface area contributed by atoms with Crippen molar-refractivity contribution in [1.29, 1.82) is 10.8 Å². The Kier molecular flexibility index (Phi) is 9.00. The van der Waals surface area contributed by atoms with Crippen LogP contribution < -0.4 is 20.9 Å². The van der Waals surface area contributed by atoms with Crippen LogP contribution in [0.25, 0.3) is 0 Å². The number of ether oxygens (including phenoxy) is 2. The average molecular weight is 544 g/mol. The highest BCUT2D eigenvalue weighted by atomic mass is 16.5. The number of carbonyl (C=O) groups excluding carboxylic acids is 1. The average Bonchev–Trinajstić information content (AvgIpc) is 2.93. The summed E-state index contributed by atoms with van der Waals surface area (Å²) in [5.41, 5.74) is 12.6. The van der Waals surface area contributed by atoms with E-state index in [0.29, 0.717) is 65.1 Å². The number of hydrogen-bond acceptors (Lipinski definition) is 6. The molecule has 4 rings (SSSR count). The van der Waals surface area contributed by atoms with Gasteiger partial charge in [0.15, 0.2) is 0 Å². The lowest BCUT2D eigenvalue weighted by atomic mass is 9.91. The van der Waals surface area contributed by atoms with Crippen LogP contribution in [0.15, 0.2) is 66.7 Å². The number of benzene rings is 3. The summed E-state index contributed by atoms with van der Waals surface area (Å²) < 4.78 is 12.1. The molecule has 40 heavy (non-hydrogen) atoms. The van der Waals surface area contributed by atoms with Gasteiger partial charge in [0.25, 0.3) is 5.91 Å². The van der Waals surface area contributed by atoms with Gasteiger partial charge in [-0.25, -0.2) is 0 Å². The molecule has 10 nitrogen and oxygen atoms in total. The SMILES string of the molecule is N=C(N)c1ccc(Oc2cc(Oc3ccc(C(=N)N)cc3)cc(C(=O)N3CCC(CCCC(=O)O)CC3)c2)cc1. The van der Waals surface area contributed by atoms with Crippen molar-refractivity contribution in [3.05, 3.63) is 83.4 Å². The number of carboxylic acids is 1. The fourth-order valence-corrected chi connectivity index (χ4v) is 4.64. The molecule has 1 amide bonds. The van der Waals surface area contributed by atoms with E-state index in [1.807, 2.05) is 0 Å². The predicted octanol–water partition coefficient (Wildman–Crippen LogP) is 4.95.